The lowest BCUT2D eigenvalue weighted by Gasteiger charge is -2.37. The smallest absolute Gasteiger partial charge is 0.303 e. The van der Waals surface area contributed by atoms with Crippen LogP contribution in [0, 0.1) is 0 Å². The Morgan fingerprint density at radius 2 is 1.20 bits per heavy atom. The van der Waals surface area contributed by atoms with Gasteiger partial charge in [0.2, 0.25) is 5.91 Å². The van der Waals surface area contributed by atoms with Gasteiger partial charge >= 0.3 is 5.97 Å². The summed E-state index contributed by atoms with van der Waals surface area (Å²) in [7, 11) is 0. The zero-order chi connectivity index (χ0) is 33.3. The molecule has 0 atom stereocenters. The predicted molar refractivity (Wildman–Crippen MR) is 187 cm³/mol. The van der Waals surface area contributed by atoms with Gasteiger partial charge in [0, 0.05) is 104 Å². The van der Waals surface area contributed by atoms with Crippen molar-refractivity contribution >= 4 is 11.9 Å². The molecule has 0 unspecified atom stereocenters. The van der Waals surface area contributed by atoms with Gasteiger partial charge in [-0.05, 0) is 40.6 Å². The molecule has 8 heteroatoms. The lowest BCUT2D eigenvalue weighted by Crippen LogP contribution is -2.49. The van der Waals surface area contributed by atoms with E-state index in [4.69, 9.17) is 5.11 Å². The van der Waals surface area contributed by atoms with Crippen molar-refractivity contribution in [2.45, 2.75) is 78.3 Å². The fourth-order valence-corrected chi connectivity index (χ4v) is 6.72. The molecule has 2 aromatic rings. The van der Waals surface area contributed by atoms with Gasteiger partial charge in [0.25, 0.3) is 0 Å². The minimum Gasteiger partial charge on any atom is -0.481 e. The minimum absolute atomic E-state index is 0.142. The first-order valence-corrected chi connectivity index (χ1v) is 17.3. The van der Waals surface area contributed by atoms with Gasteiger partial charge in [-0.15, -0.1) is 0 Å². The number of carbonyl (C=O) groups excluding carboxylic acids is 1. The van der Waals surface area contributed by atoms with E-state index in [1.54, 1.807) is 6.92 Å². The maximum Gasteiger partial charge on any atom is 0.303 e. The third kappa shape index (κ3) is 11.2. The number of benzene rings is 2. The van der Waals surface area contributed by atoms with Crippen molar-refractivity contribution in [1.82, 2.24) is 24.5 Å². The highest BCUT2D eigenvalue weighted by molar-refractivity contribution is 5.73. The molecule has 0 radical (unpaired) electrons. The maximum absolute atomic E-state index is 12.8. The molecule has 8 nitrogen and oxygen atoms in total. The molecule has 0 bridgehead atoms. The summed E-state index contributed by atoms with van der Waals surface area (Å²) in [6, 6.07) is 17.9. The van der Waals surface area contributed by atoms with E-state index in [-0.39, 0.29) is 23.2 Å². The predicted octanol–water partition coefficient (Wildman–Crippen LogP) is 4.91. The van der Waals surface area contributed by atoms with Crippen LogP contribution >= 0.6 is 0 Å². The van der Waals surface area contributed by atoms with Gasteiger partial charge in [-0.3, -0.25) is 24.3 Å². The second-order valence-electron chi connectivity index (χ2n) is 15.2. The first kappa shape index (κ1) is 36.1. The van der Waals surface area contributed by atoms with E-state index in [9.17, 15) is 9.59 Å². The summed E-state index contributed by atoms with van der Waals surface area (Å²) in [5, 5.41) is 8.90. The molecule has 2 saturated heterocycles. The van der Waals surface area contributed by atoms with Crippen LogP contribution in [0.15, 0.2) is 48.5 Å². The summed E-state index contributed by atoms with van der Waals surface area (Å²) < 4.78 is 0. The molecular weight excluding hydrogens is 574 g/mol. The van der Waals surface area contributed by atoms with Crippen molar-refractivity contribution in [3.63, 3.8) is 0 Å². The summed E-state index contributed by atoms with van der Waals surface area (Å²) in [6.45, 7) is 26.3. The van der Waals surface area contributed by atoms with E-state index >= 15 is 0 Å². The molecule has 2 fully saturated rings. The SMILES string of the molecule is CC(=O)N(CCN1CCN(Cc2cccc(C(C)(C)C)c2)CC1)CC(C)(C)c1cccc(CN2CCN(CCCC(=O)O)CC2)c1. The lowest BCUT2D eigenvalue weighted by molar-refractivity contribution is -0.137. The van der Waals surface area contributed by atoms with Crippen molar-refractivity contribution in [3.8, 4) is 0 Å². The number of hydrogen-bond donors (Lipinski definition) is 1. The average molecular weight is 634 g/mol. The van der Waals surface area contributed by atoms with Gasteiger partial charge in [-0.1, -0.05) is 83.1 Å². The number of carbonyl (C=O) groups is 2. The van der Waals surface area contributed by atoms with Gasteiger partial charge < -0.3 is 14.9 Å². The molecule has 254 valence electrons. The molecule has 46 heavy (non-hydrogen) atoms. The van der Waals surface area contributed by atoms with Crippen LogP contribution in [0.4, 0.5) is 0 Å². The number of nitrogens with zero attached hydrogens (tertiary/aromatic N) is 5. The van der Waals surface area contributed by atoms with E-state index in [2.05, 4.69) is 103 Å². The summed E-state index contributed by atoms with van der Waals surface area (Å²) >= 11 is 0. The number of carboxylic acid groups (broad SMARTS) is 1. The van der Waals surface area contributed by atoms with Crippen LogP contribution in [-0.2, 0) is 33.5 Å². The van der Waals surface area contributed by atoms with E-state index in [1.807, 2.05) is 4.90 Å². The quantitative estimate of drug-likeness (QED) is 0.317. The van der Waals surface area contributed by atoms with Crippen molar-refractivity contribution in [1.29, 1.82) is 0 Å². The van der Waals surface area contributed by atoms with Crippen molar-refractivity contribution in [2.24, 2.45) is 0 Å². The van der Waals surface area contributed by atoms with E-state index in [0.717, 1.165) is 85.1 Å². The Hall–Kier alpha value is -2.78. The van der Waals surface area contributed by atoms with E-state index in [1.165, 1.54) is 22.3 Å². The number of piperazine rings is 2. The lowest BCUT2D eigenvalue weighted by atomic mass is 9.83. The fraction of sp³-hybridized carbons (Fsp3) is 0.632. The Morgan fingerprint density at radius 1 is 0.717 bits per heavy atom. The first-order valence-electron chi connectivity index (χ1n) is 17.3. The highest BCUT2D eigenvalue weighted by atomic mass is 16.4. The Morgan fingerprint density at radius 3 is 1.70 bits per heavy atom. The second kappa shape index (κ2) is 16.4. The molecule has 1 N–H and O–H groups in total. The largest absolute Gasteiger partial charge is 0.481 e. The molecule has 0 aliphatic carbocycles. The summed E-state index contributed by atoms with van der Waals surface area (Å²) in [5.41, 5.74) is 5.37. The summed E-state index contributed by atoms with van der Waals surface area (Å²) in [4.78, 5) is 35.6. The Kier molecular flexibility index (Phi) is 12.8. The number of carboxylic acids is 1. The van der Waals surface area contributed by atoms with Crippen LogP contribution in [0.5, 0.6) is 0 Å². The zero-order valence-electron chi connectivity index (χ0n) is 29.4. The van der Waals surface area contributed by atoms with Crippen molar-refractivity contribution < 1.29 is 14.7 Å². The molecule has 0 spiro atoms. The van der Waals surface area contributed by atoms with Crippen LogP contribution in [0.1, 0.15) is 76.6 Å². The van der Waals surface area contributed by atoms with Crippen molar-refractivity contribution in [3.05, 3.63) is 70.8 Å². The number of amides is 1. The Balaban J connectivity index is 1.23. The summed E-state index contributed by atoms with van der Waals surface area (Å²) in [6.07, 6.45) is 0.961. The summed E-state index contributed by atoms with van der Waals surface area (Å²) in [5.74, 6) is -0.571. The molecular formula is C38H59N5O3. The highest BCUT2D eigenvalue weighted by Crippen LogP contribution is 2.27. The molecule has 1 amide bonds. The van der Waals surface area contributed by atoms with Crippen LogP contribution in [0.2, 0.25) is 0 Å². The third-order valence-electron chi connectivity index (χ3n) is 9.83. The highest BCUT2D eigenvalue weighted by Gasteiger charge is 2.27. The Bertz CT molecular complexity index is 1270. The molecule has 0 saturated carbocycles. The topological polar surface area (TPSA) is 70.6 Å². The van der Waals surface area contributed by atoms with Gasteiger partial charge in [0.1, 0.15) is 0 Å². The van der Waals surface area contributed by atoms with Crippen molar-refractivity contribution in [2.75, 3.05) is 78.5 Å². The van der Waals surface area contributed by atoms with Crippen LogP contribution < -0.4 is 0 Å². The average Bonchev–Trinajstić information content (AvgIpc) is 3.00. The van der Waals surface area contributed by atoms with Gasteiger partial charge in [-0.2, -0.15) is 0 Å². The fourth-order valence-electron chi connectivity index (χ4n) is 6.72. The van der Waals surface area contributed by atoms with Crippen LogP contribution in [0.25, 0.3) is 0 Å². The molecule has 2 aliphatic heterocycles. The Labute approximate surface area is 278 Å². The number of aliphatic carboxylic acids is 1. The van der Waals surface area contributed by atoms with Crippen LogP contribution in [-0.4, -0.2) is 120 Å². The maximum atomic E-state index is 12.8. The monoisotopic (exact) mass is 633 g/mol. The van der Waals surface area contributed by atoms with Crippen LogP contribution in [0.3, 0.4) is 0 Å². The van der Waals surface area contributed by atoms with Gasteiger partial charge in [-0.25, -0.2) is 0 Å². The normalized spacial score (nSPS) is 17.7. The molecule has 4 rings (SSSR count). The third-order valence-corrected chi connectivity index (χ3v) is 9.83. The molecule has 2 heterocycles. The van der Waals surface area contributed by atoms with Gasteiger partial charge in [0.05, 0.1) is 0 Å². The minimum atomic E-state index is -0.712. The second-order valence-corrected chi connectivity index (χ2v) is 15.2. The molecule has 2 aliphatic rings. The molecule has 0 aromatic heterocycles. The van der Waals surface area contributed by atoms with E-state index in [0.29, 0.717) is 13.0 Å². The molecule has 2 aromatic carbocycles. The zero-order valence-corrected chi connectivity index (χ0v) is 29.4. The first-order chi connectivity index (χ1) is 21.8. The van der Waals surface area contributed by atoms with E-state index < -0.39 is 5.97 Å². The number of rotatable bonds is 14. The number of hydrogen-bond acceptors (Lipinski definition) is 6. The van der Waals surface area contributed by atoms with Gasteiger partial charge in [0.15, 0.2) is 0 Å². The standard InChI is InChI=1S/C38H59N5O3/c1-31(44)43(25-24-40-18-22-42(23-19-40)28-32-10-7-12-34(26-32)37(2,3)4)30-38(5,6)35-13-8-11-33(27-35)29-41-20-16-39(17-21-41)15-9-14-36(45)46/h7-8,10-13,26-27H,9,14-25,28-30H2,1-6H3,(H,45,46).